The number of carbonyl (C=O) groups excluding carboxylic acids is 2. The first-order valence-electron chi connectivity index (χ1n) is 6.58. The number of piperidine rings is 1. The zero-order chi connectivity index (χ0) is 14.7. The number of hydrogen-bond acceptors (Lipinski definition) is 6. The van der Waals surface area contributed by atoms with Crippen LogP contribution in [0.15, 0.2) is 0 Å². The Morgan fingerprint density at radius 1 is 1.40 bits per heavy atom. The summed E-state index contributed by atoms with van der Waals surface area (Å²) in [4.78, 5) is 25.3. The monoisotopic (exact) mass is 281 g/mol. The van der Waals surface area contributed by atoms with Crippen molar-refractivity contribution in [2.45, 2.75) is 26.3 Å². The van der Waals surface area contributed by atoms with Crippen molar-refractivity contribution in [2.24, 2.45) is 5.92 Å². The van der Waals surface area contributed by atoms with E-state index in [1.54, 1.807) is 4.90 Å². The Hall–Kier alpha value is -2.12. The molecule has 1 aromatic heterocycles. The van der Waals surface area contributed by atoms with E-state index < -0.39 is 5.97 Å². The molecule has 1 fully saturated rings. The summed E-state index contributed by atoms with van der Waals surface area (Å²) in [5.41, 5.74) is 5.68. The zero-order valence-electron chi connectivity index (χ0n) is 11.7. The van der Waals surface area contributed by atoms with Gasteiger partial charge in [-0.05, 0) is 18.8 Å². The van der Waals surface area contributed by atoms with E-state index in [0.717, 1.165) is 25.9 Å². The molecule has 8 nitrogen and oxygen atoms in total. The van der Waals surface area contributed by atoms with Gasteiger partial charge in [-0.2, -0.15) is 0 Å². The van der Waals surface area contributed by atoms with Crippen molar-refractivity contribution in [1.29, 1.82) is 0 Å². The van der Waals surface area contributed by atoms with Crippen LogP contribution in [0.5, 0.6) is 0 Å². The molecule has 1 amide bonds. The molecule has 2 N–H and O–H groups in total. The molecule has 0 aliphatic carbocycles. The Morgan fingerprint density at radius 2 is 2.05 bits per heavy atom. The van der Waals surface area contributed by atoms with Crippen molar-refractivity contribution in [3.63, 3.8) is 0 Å². The third-order valence-electron chi connectivity index (χ3n) is 3.57. The van der Waals surface area contributed by atoms with Crippen LogP contribution in [0.2, 0.25) is 0 Å². The van der Waals surface area contributed by atoms with E-state index in [4.69, 9.17) is 5.73 Å². The molecule has 0 saturated carbocycles. The zero-order valence-corrected chi connectivity index (χ0v) is 11.7. The summed E-state index contributed by atoms with van der Waals surface area (Å²) in [6, 6.07) is 0. The van der Waals surface area contributed by atoms with Gasteiger partial charge in [-0.15, -0.1) is 5.10 Å². The molecule has 8 heteroatoms. The highest BCUT2D eigenvalue weighted by atomic mass is 16.5. The van der Waals surface area contributed by atoms with E-state index in [1.807, 2.05) is 0 Å². The number of nitrogen functional groups attached to an aromatic ring is 1. The summed E-state index contributed by atoms with van der Waals surface area (Å²) in [5, 5.41) is 7.37. The minimum atomic E-state index is -0.659. The number of anilines is 1. The third-order valence-corrected chi connectivity index (χ3v) is 3.57. The maximum absolute atomic E-state index is 12.1. The Bertz CT molecular complexity index is 505. The van der Waals surface area contributed by atoms with Crippen molar-refractivity contribution in [3.8, 4) is 0 Å². The van der Waals surface area contributed by atoms with Gasteiger partial charge in [-0.25, -0.2) is 9.48 Å². The molecule has 0 radical (unpaired) electrons. The average Bonchev–Trinajstić information content (AvgIpc) is 2.80. The molecular weight excluding hydrogens is 262 g/mol. The molecule has 20 heavy (non-hydrogen) atoms. The minimum Gasteiger partial charge on any atom is -0.464 e. The summed E-state index contributed by atoms with van der Waals surface area (Å²) in [6.07, 6.45) is 2.01. The lowest BCUT2D eigenvalue weighted by Gasteiger charge is -2.30. The molecule has 2 rings (SSSR count). The van der Waals surface area contributed by atoms with E-state index in [2.05, 4.69) is 22.0 Å². The highest BCUT2D eigenvalue weighted by Crippen LogP contribution is 2.17. The lowest BCUT2D eigenvalue weighted by molar-refractivity contribution is -0.133. The van der Waals surface area contributed by atoms with Gasteiger partial charge in [0.2, 0.25) is 11.6 Å². The second kappa shape index (κ2) is 5.89. The van der Waals surface area contributed by atoms with E-state index in [-0.39, 0.29) is 24.0 Å². The van der Waals surface area contributed by atoms with Crippen LogP contribution in [0.3, 0.4) is 0 Å². The summed E-state index contributed by atoms with van der Waals surface area (Å²) >= 11 is 0. The van der Waals surface area contributed by atoms with Gasteiger partial charge in [-0.3, -0.25) is 4.79 Å². The smallest absolute Gasteiger partial charge is 0.362 e. The van der Waals surface area contributed by atoms with E-state index in [9.17, 15) is 9.59 Å². The van der Waals surface area contributed by atoms with Crippen molar-refractivity contribution in [2.75, 3.05) is 25.9 Å². The maximum atomic E-state index is 12.1. The van der Waals surface area contributed by atoms with Gasteiger partial charge in [0, 0.05) is 13.1 Å². The third kappa shape index (κ3) is 2.89. The lowest BCUT2D eigenvalue weighted by atomic mass is 9.99. The quantitative estimate of drug-likeness (QED) is 0.776. The first kappa shape index (κ1) is 14.3. The molecule has 0 aromatic carbocycles. The van der Waals surface area contributed by atoms with Crippen molar-refractivity contribution in [3.05, 3.63) is 5.69 Å². The number of rotatable bonds is 3. The predicted molar refractivity (Wildman–Crippen MR) is 70.8 cm³/mol. The summed E-state index contributed by atoms with van der Waals surface area (Å²) in [5.74, 6) is -0.0186. The number of nitrogens with two attached hydrogens (primary N) is 1. The number of nitrogens with zero attached hydrogens (tertiary/aromatic N) is 4. The van der Waals surface area contributed by atoms with E-state index in [0.29, 0.717) is 5.92 Å². The maximum Gasteiger partial charge on any atom is 0.362 e. The molecule has 2 heterocycles. The molecule has 0 unspecified atom stereocenters. The first-order valence-corrected chi connectivity index (χ1v) is 6.58. The number of aromatic nitrogens is 3. The van der Waals surface area contributed by atoms with Crippen LogP contribution in [0.25, 0.3) is 0 Å². The lowest BCUT2D eigenvalue weighted by Crippen LogP contribution is -2.40. The van der Waals surface area contributed by atoms with E-state index >= 15 is 0 Å². The van der Waals surface area contributed by atoms with Gasteiger partial charge in [0.15, 0.2) is 5.82 Å². The van der Waals surface area contributed by atoms with Gasteiger partial charge < -0.3 is 15.4 Å². The topological polar surface area (TPSA) is 103 Å². The summed E-state index contributed by atoms with van der Waals surface area (Å²) < 4.78 is 5.76. The van der Waals surface area contributed by atoms with Gasteiger partial charge in [0.25, 0.3) is 0 Å². The van der Waals surface area contributed by atoms with Crippen LogP contribution < -0.4 is 5.73 Å². The number of amides is 1. The normalized spacial score (nSPS) is 16.2. The van der Waals surface area contributed by atoms with Crippen molar-refractivity contribution < 1.29 is 14.3 Å². The van der Waals surface area contributed by atoms with Crippen LogP contribution in [0.1, 0.15) is 30.3 Å². The van der Waals surface area contributed by atoms with Crippen molar-refractivity contribution in [1.82, 2.24) is 19.9 Å². The molecule has 0 spiro atoms. The minimum absolute atomic E-state index is 0.00971. The van der Waals surface area contributed by atoms with Gasteiger partial charge in [0.05, 0.1) is 7.11 Å². The van der Waals surface area contributed by atoms with Crippen LogP contribution in [0.4, 0.5) is 5.82 Å². The molecule has 1 aliphatic heterocycles. The van der Waals surface area contributed by atoms with Crippen LogP contribution in [0, 0.1) is 5.92 Å². The highest BCUT2D eigenvalue weighted by Gasteiger charge is 2.23. The van der Waals surface area contributed by atoms with Gasteiger partial charge in [-0.1, -0.05) is 12.1 Å². The molecule has 1 aliphatic rings. The summed E-state index contributed by atoms with van der Waals surface area (Å²) in [6.45, 7) is 3.67. The fraction of sp³-hybridized carbons (Fsp3) is 0.667. The van der Waals surface area contributed by atoms with Crippen LogP contribution >= 0.6 is 0 Å². The van der Waals surface area contributed by atoms with Crippen LogP contribution in [-0.4, -0.2) is 52.0 Å². The largest absolute Gasteiger partial charge is 0.464 e. The number of likely N-dealkylation sites (tertiary alicyclic amines) is 1. The number of esters is 1. The number of ether oxygens (including phenoxy) is 1. The molecule has 110 valence electrons. The molecular formula is C12H19N5O3. The van der Waals surface area contributed by atoms with E-state index in [1.165, 1.54) is 11.8 Å². The van der Waals surface area contributed by atoms with Gasteiger partial charge in [0.1, 0.15) is 6.54 Å². The standard InChI is InChI=1S/C12H19N5O3/c1-8-3-5-16(6-4-8)9(18)7-17-11(13)10(14-15-17)12(19)20-2/h8H,3-7,13H2,1-2H3. The SMILES string of the molecule is COC(=O)c1nnn(CC(=O)N2CCC(C)CC2)c1N. The van der Waals surface area contributed by atoms with Crippen molar-refractivity contribution >= 4 is 17.7 Å². The number of methoxy groups -OCH3 is 1. The highest BCUT2D eigenvalue weighted by molar-refractivity contribution is 5.92. The fourth-order valence-corrected chi connectivity index (χ4v) is 2.17. The summed E-state index contributed by atoms with van der Waals surface area (Å²) in [7, 11) is 1.24. The molecule has 0 atom stereocenters. The second-order valence-electron chi connectivity index (χ2n) is 5.04. The Kier molecular flexibility index (Phi) is 4.21. The first-order chi connectivity index (χ1) is 9.52. The molecule has 1 saturated heterocycles. The van der Waals surface area contributed by atoms with Crippen LogP contribution in [-0.2, 0) is 16.1 Å². The number of carbonyl (C=O) groups is 2. The number of hydrogen-bond donors (Lipinski definition) is 1. The Balaban J connectivity index is 2.01. The molecule has 0 bridgehead atoms. The fourth-order valence-electron chi connectivity index (χ4n) is 2.17. The second-order valence-corrected chi connectivity index (χ2v) is 5.04. The average molecular weight is 281 g/mol. The Morgan fingerprint density at radius 3 is 2.65 bits per heavy atom. The molecule has 1 aromatic rings. The predicted octanol–water partition coefficient (Wildman–Crippen LogP) is -0.0946. The van der Waals surface area contributed by atoms with Gasteiger partial charge >= 0.3 is 5.97 Å². The Labute approximate surface area is 116 Å².